The molecule has 7 heteroatoms. The maximum atomic E-state index is 12.5. The van der Waals surface area contributed by atoms with Crippen molar-refractivity contribution >= 4 is 60.6 Å². The van der Waals surface area contributed by atoms with E-state index in [9.17, 15) is 4.79 Å². The Balaban J connectivity index is 1.87. The van der Waals surface area contributed by atoms with Crippen LogP contribution in [0.5, 0.6) is 0 Å². The zero-order chi connectivity index (χ0) is 16.8. The Hall–Kier alpha value is -2.02. The van der Waals surface area contributed by atoms with Gasteiger partial charge in [0.15, 0.2) is 9.81 Å². The first-order valence-electron chi connectivity index (χ1n) is 7.24. The highest BCUT2D eigenvalue weighted by Crippen LogP contribution is 2.28. The summed E-state index contributed by atoms with van der Waals surface area (Å²) in [4.78, 5) is 21.8. The second-order valence-electron chi connectivity index (χ2n) is 5.39. The molecule has 2 heterocycles. The van der Waals surface area contributed by atoms with Gasteiger partial charge in [-0.05, 0) is 30.7 Å². The third-order valence-electron chi connectivity index (χ3n) is 3.77. The predicted molar refractivity (Wildman–Crippen MR) is 100 cm³/mol. The molecule has 0 aliphatic rings. The summed E-state index contributed by atoms with van der Waals surface area (Å²) in [5, 5.41) is 1.07. The van der Waals surface area contributed by atoms with Crippen LogP contribution in [-0.4, -0.2) is 15.5 Å². The molecule has 1 amide bonds. The van der Waals surface area contributed by atoms with Crippen LogP contribution >= 0.6 is 34.3 Å². The van der Waals surface area contributed by atoms with Crippen LogP contribution in [0, 0.1) is 6.92 Å². The first-order valence-corrected chi connectivity index (χ1v) is 9.25. The van der Waals surface area contributed by atoms with Crippen molar-refractivity contribution in [2.24, 2.45) is 12.0 Å². The van der Waals surface area contributed by atoms with E-state index in [-0.39, 0.29) is 5.91 Å². The number of nitrogens with zero attached hydrogens (tertiary/aromatic N) is 3. The molecule has 4 rings (SSSR count). The lowest BCUT2D eigenvalue weighted by Gasteiger charge is -2.00. The Morgan fingerprint density at radius 1 is 1.21 bits per heavy atom. The van der Waals surface area contributed by atoms with E-state index in [0.717, 1.165) is 26.0 Å². The van der Waals surface area contributed by atoms with Gasteiger partial charge in [-0.15, -0.1) is 11.3 Å². The molecule has 0 N–H and O–H groups in total. The second kappa shape index (κ2) is 5.81. The Labute approximate surface area is 150 Å². The molecule has 2 aromatic carbocycles. The minimum atomic E-state index is -0.327. The minimum Gasteiger partial charge on any atom is -0.319 e. The number of rotatable bonds is 1. The maximum absolute atomic E-state index is 12.5. The van der Waals surface area contributed by atoms with Crippen LogP contribution in [0.4, 0.5) is 0 Å². The Morgan fingerprint density at radius 2 is 2.00 bits per heavy atom. The van der Waals surface area contributed by atoms with Crippen molar-refractivity contribution in [1.82, 2.24) is 9.55 Å². The summed E-state index contributed by atoms with van der Waals surface area (Å²) in [6.07, 6.45) is 0. The molecular weight excluding hydrogens is 362 g/mol. The Bertz CT molecular complexity index is 1140. The average Bonchev–Trinajstić information content (AvgIpc) is 3.14. The average molecular weight is 374 g/mol. The molecule has 24 heavy (non-hydrogen) atoms. The molecule has 4 aromatic rings. The summed E-state index contributed by atoms with van der Waals surface area (Å²) < 4.78 is 3.83. The van der Waals surface area contributed by atoms with Gasteiger partial charge in [-0.25, -0.2) is 4.98 Å². The lowest BCUT2D eigenvalue weighted by atomic mass is 10.2. The van der Waals surface area contributed by atoms with Crippen LogP contribution in [0.3, 0.4) is 0 Å². The monoisotopic (exact) mass is 373 g/mol. The Kier molecular flexibility index (Phi) is 3.75. The van der Waals surface area contributed by atoms with Gasteiger partial charge in [-0.2, -0.15) is 4.99 Å². The molecule has 0 aliphatic heterocycles. The SMILES string of the molecule is Cc1ccc(Cl)c2sc(=NC(=O)c3nc4ccccc4s3)n(C)c12. The number of thiazole rings is 2. The molecule has 120 valence electrons. The van der Waals surface area contributed by atoms with Crippen LogP contribution in [0.2, 0.25) is 5.02 Å². The molecular formula is C17H12ClN3OS2. The van der Waals surface area contributed by atoms with E-state index in [0.29, 0.717) is 14.8 Å². The number of amides is 1. The first-order chi connectivity index (χ1) is 11.5. The van der Waals surface area contributed by atoms with E-state index in [1.807, 2.05) is 54.9 Å². The van der Waals surface area contributed by atoms with Gasteiger partial charge in [0.05, 0.1) is 25.5 Å². The molecule has 0 atom stereocenters. The zero-order valence-electron chi connectivity index (χ0n) is 12.9. The van der Waals surface area contributed by atoms with Crippen LogP contribution in [-0.2, 0) is 7.05 Å². The molecule has 0 spiro atoms. The normalized spacial score (nSPS) is 12.4. The fraction of sp³-hybridized carbons (Fsp3) is 0.118. The van der Waals surface area contributed by atoms with Crippen molar-refractivity contribution in [1.29, 1.82) is 0 Å². The maximum Gasteiger partial charge on any atom is 0.308 e. The summed E-state index contributed by atoms with van der Waals surface area (Å²) in [6, 6.07) is 11.5. The van der Waals surface area contributed by atoms with E-state index in [2.05, 4.69) is 9.98 Å². The number of hydrogen-bond donors (Lipinski definition) is 0. The largest absolute Gasteiger partial charge is 0.319 e. The van der Waals surface area contributed by atoms with Crippen LogP contribution in [0.25, 0.3) is 20.4 Å². The molecule has 0 aliphatic carbocycles. The second-order valence-corrected chi connectivity index (χ2v) is 7.80. The Morgan fingerprint density at radius 3 is 2.75 bits per heavy atom. The number of para-hydroxylation sites is 1. The van der Waals surface area contributed by atoms with Gasteiger partial charge in [-0.3, -0.25) is 4.79 Å². The number of halogens is 1. The van der Waals surface area contributed by atoms with Crippen molar-refractivity contribution in [2.75, 3.05) is 0 Å². The summed E-state index contributed by atoms with van der Waals surface area (Å²) in [5.74, 6) is -0.327. The zero-order valence-corrected chi connectivity index (χ0v) is 15.3. The molecule has 0 fully saturated rings. The number of benzene rings is 2. The third kappa shape index (κ3) is 2.47. The van der Waals surface area contributed by atoms with Crippen LogP contribution in [0.15, 0.2) is 41.4 Å². The lowest BCUT2D eigenvalue weighted by Crippen LogP contribution is -2.13. The van der Waals surface area contributed by atoms with Gasteiger partial charge in [0.2, 0.25) is 0 Å². The summed E-state index contributed by atoms with van der Waals surface area (Å²) in [6.45, 7) is 2.02. The van der Waals surface area contributed by atoms with Gasteiger partial charge >= 0.3 is 5.91 Å². The third-order valence-corrected chi connectivity index (χ3v) is 6.39. The van der Waals surface area contributed by atoms with E-state index < -0.39 is 0 Å². The number of aromatic nitrogens is 2. The van der Waals surface area contributed by atoms with Gasteiger partial charge in [-0.1, -0.05) is 41.1 Å². The highest BCUT2D eigenvalue weighted by atomic mass is 35.5. The number of fused-ring (bicyclic) bond motifs is 2. The van der Waals surface area contributed by atoms with Crippen molar-refractivity contribution in [3.8, 4) is 0 Å². The molecule has 0 saturated heterocycles. The van der Waals surface area contributed by atoms with Gasteiger partial charge in [0.1, 0.15) is 0 Å². The molecule has 0 unspecified atom stereocenters. The quantitative estimate of drug-likeness (QED) is 0.491. The fourth-order valence-electron chi connectivity index (χ4n) is 2.61. The molecule has 4 nitrogen and oxygen atoms in total. The lowest BCUT2D eigenvalue weighted by molar-refractivity contribution is 0.0998. The van der Waals surface area contributed by atoms with E-state index in [4.69, 9.17) is 11.6 Å². The molecule has 2 aromatic heterocycles. The standard InChI is InChI=1S/C17H12ClN3OS2/c1-9-7-8-10(18)14-13(9)21(2)17(24-14)20-15(22)16-19-11-5-3-4-6-12(11)23-16/h3-8H,1-2H3. The van der Waals surface area contributed by atoms with Crippen molar-refractivity contribution in [3.63, 3.8) is 0 Å². The molecule has 0 radical (unpaired) electrons. The van der Waals surface area contributed by atoms with Gasteiger partial charge < -0.3 is 4.57 Å². The number of hydrogen-bond acceptors (Lipinski definition) is 4. The van der Waals surface area contributed by atoms with Crippen molar-refractivity contribution < 1.29 is 4.79 Å². The highest BCUT2D eigenvalue weighted by molar-refractivity contribution is 7.20. The highest BCUT2D eigenvalue weighted by Gasteiger charge is 2.14. The smallest absolute Gasteiger partial charge is 0.308 e. The van der Waals surface area contributed by atoms with E-state index >= 15 is 0 Å². The van der Waals surface area contributed by atoms with Gasteiger partial charge in [0.25, 0.3) is 0 Å². The molecule has 0 bridgehead atoms. The van der Waals surface area contributed by atoms with Crippen LogP contribution < -0.4 is 4.80 Å². The fourth-order valence-corrected chi connectivity index (χ4v) is 4.83. The van der Waals surface area contributed by atoms with Gasteiger partial charge in [0, 0.05) is 7.05 Å². The number of carbonyl (C=O) groups excluding carboxylic acids is 1. The molecule has 0 saturated carbocycles. The topological polar surface area (TPSA) is 47.2 Å². The predicted octanol–water partition coefficient (Wildman–Crippen LogP) is 4.55. The van der Waals surface area contributed by atoms with Crippen molar-refractivity contribution in [2.45, 2.75) is 6.92 Å². The van der Waals surface area contributed by atoms with E-state index in [1.165, 1.54) is 22.7 Å². The minimum absolute atomic E-state index is 0.327. The van der Waals surface area contributed by atoms with Crippen LogP contribution in [0.1, 0.15) is 15.4 Å². The summed E-state index contributed by atoms with van der Waals surface area (Å²) >= 11 is 9.06. The summed E-state index contributed by atoms with van der Waals surface area (Å²) in [7, 11) is 1.90. The first kappa shape index (κ1) is 15.5. The summed E-state index contributed by atoms with van der Waals surface area (Å²) in [5.41, 5.74) is 2.92. The number of aryl methyl sites for hydroxylation is 2. The van der Waals surface area contributed by atoms with E-state index in [1.54, 1.807) is 0 Å². The van der Waals surface area contributed by atoms with Crippen molar-refractivity contribution in [3.05, 3.63) is 56.8 Å². The number of carbonyl (C=O) groups is 1.